The first-order valence-electron chi connectivity index (χ1n) is 6.29. The summed E-state index contributed by atoms with van der Waals surface area (Å²) in [4.78, 5) is 1.84. The number of nitrogens with zero attached hydrogens (tertiary/aromatic N) is 1. The summed E-state index contributed by atoms with van der Waals surface area (Å²) in [5.74, 6) is -0.227. The first-order valence-corrected chi connectivity index (χ1v) is 8.11. The van der Waals surface area contributed by atoms with E-state index in [0.717, 1.165) is 5.56 Å². The lowest BCUT2D eigenvalue weighted by atomic mass is 10.1. The highest BCUT2D eigenvalue weighted by Gasteiger charge is 2.39. The molecule has 0 amide bonds. The van der Waals surface area contributed by atoms with Gasteiger partial charge < -0.3 is 10.2 Å². The summed E-state index contributed by atoms with van der Waals surface area (Å²) in [5, 5.41) is 19.0. The molecule has 1 aliphatic heterocycles. The molecule has 0 aromatic heterocycles. The lowest BCUT2D eigenvalue weighted by molar-refractivity contribution is 0.0655. The van der Waals surface area contributed by atoms with Gasteiger partial charge in [-0.25, -0.2) is 8.42 Å². The Bertz CT molecular complexity index is 503. The molecule has 1 aliphatic rings. The number of hydrogen-bond donors (Lipinski definition) is 2. The van der Waals surface area contributed by atoms with Crippen molar-refractivity contribution in [1.82, 2.24) is 4.90 Å². The van der Waals surface area contributed by atoms with E-state index in [1.54, 1.807) is 0 Å². The number of hydrogen-bond acceptors (Lipinski definition) is 5. The molecular weight excluding hydrogens is 266 g/mol. The summed E-state index contributed by atoms with van der Waals surface area (Å²) in [6.07, 6.45) is -0.875. The lowest BCUT2D eigenvalue weighted by Gasteiger charge is -2.29. The maximum atomic E-state index is 11.6. The molecule has 2 N–H and O–H groups in total. The summed E-state index contributed by atoms with van der Waals surface area (Å²) in [6.45, 7) is 0.820. The van der Waals surface area contributed by atoms with E-state index in [2.05, 4.69) is 0 Å². The van der Waals surface area contributed by atoms with E-state index < -0.39 is 22.0 Å². The predicted molar refractivity (Wildman–Crippen MR) is 72.4 cm³/mol. The van der Waals surface area contributed by atoms with Crippen molar-refractivity contribution in [3.63, 3.8) is 0 Å². The fourth-order valence-electron chi connectivity index (χ4n) is 2.47. The Hall–Kier alpha value is -0.950. The summed E-state index contributed by atoms with van der Waals surface area (Å²) >= 11 is 0. The maximum absolute atomic E-state index is 11.6. The van der Waals surface area contributed by atoms with Gasteiger partial charge in [0.15, 0.2) is 9.84 Å². The van der Waals surface area contributed by atoms with Crippen molar-refractivity contribution in [2.75, 3.05) is 24.7 Å². The normalized spacial score (nSPS) is 25.8. The molecule has 19 heavy (non-hydrogen) atoms. The van der Waals surface area contributed by atoms with E-state index in [1.807, 2.05) is 35.2 Å². The molecule has 1 aromatic carbocycles. The molecule has 1 aromatic rings. The lowest BCUT2D eigenvalue weighted by Crippen LogP contribution is -2.44. The van der Waals surface area contributed by atoms with Crippen LogP contribution < -0.4 is 0 Å². The third-order valence-corrected chi connectivity index (χ3v) is 5.08. The van der Waals surface area contributed by atoms with Crippen molar-refractivity contribution < 1.29 is 18.6 Å². The second-order valence-corrected chi connectivity index (χ2v) is 7.05. The van der Waals surface area contributed by atoms with E-state index in [9.17, 15) is 13.5 Å². The third kappa shape index (κ3) is 3.76. The van der Waals surface area contributed by atoms with Gasteiger partial charge in [0.05, 0.1) is 30.3 Å². The molecular formula is C13H19NO4S. The molecule has 0 unspecified atom stereocenters. The zero-order valence-electron chi connectivity index (χ0n) is 10.6. The Labute approximate surface area is 113 Å². The number of aliphatic hydroxyl groups is 2. The summed E-state index contributed by atoms with van der Waals surface area (Å²) in [7, 11) is -3.17. The zero-order valence-corrected chi connectivity index (χ0v) is 11.5. The van der Waals surface area contributed by atoms with Gasteiger partial charge in [-0.15, -0.1) is 0 Å². The highest BCUT2D eigenvalue weighted by atomic mass is 32.2. The van der Waals surface area contributed by atoms with Crippen molar-refractivity contribution in [3.8, 4) is 0 Å². The molecule has 0 bridgehead atoms. The predicted octanol–water partition coefficient (Wildman–Crippen LogP) is -0.361. The number of benzene rings is 1. The van der Waals surface area contributed by atoms with Gasteiger partial charge >= 0.3 is 0 Å². The molecule has 1 heterocycles. The average Bonchev–Trinajstić information content (AvgIpc) is 2.63. The quantitative estimate of drug-likeness (QED) is 0.772. The molecule has 0 aliphatic carbocycles. The highest BCUT2D eigenvalue weighted by Crippen LogP contribution is 2.20. The van der Waals surface area contributed by atoms with Crippen molar-refractivity contribution in [3.05, 3.63) is 35.9 Å². The molecule has 0 saturated carbocycles. The monoisotopic (exact) mass is 285 g/mol. The fourth-order valence-corrected chi connectivity index (χ4v) is 4.30. The van der Waals surface area contributed by atoms with Crippen LogP contribution >= 0.6 is 0 Å². The van der Waals surface area contributed by atoms with Crippen LogP contribution in [0.15, 0.2) is 30.3 Å². The van der Waals surface area contributed by atoms with Crippen molar-refractivity contribution in [1.29, 1.82) is 0 Å². The maximum Gasteiger partial charge on any atom is 0.154 e. The van der Waals surface area contributed by atoms with Gasteiger partial charge in [0.25, 0.3) is 0 Å². The average molecular weight is 285 g/mol. The van der Waals surface area contributed by atoms with Crippen LogP contribution in [0.5, 0.6) is 0 Å². The van der Waals surface area contributed by atoms with Crippen LogP contribution in [0.2, 0.25) is 0 Å². The molecule has 1 fully saturated rings. The smallest absolute Gasteiger partial charge is 0.154 e. The second-order valence-electron chi connectivity index (χ2n) is 4.89. The fraction of sp³-hybridized carbons (Fsp3) is 0.538. The first kappa shape index (κ1) is 14.5. The van der Waals surface area contributed by atoms with E-state index in [0.29, 0.717) is 13.1 Å². The molecule has 6 heteroatoms. The van der Waals surface area contributed by atoms with Gasteiger partial charge in [0, 0.05) is 13.1 Å². The van der Waals surface area contributed by atoms with Crippen LogP contribution in [-0.2, 0) is 16.4 Å². The Morgan fingerprint density at radius 3 is 2.42 bits per heavy atom. The van der Waals surface area contributed by atoms with Crippen LogP contribution in [0.25, 0.3) is 0 Å². The molecule has 0 radical (unpaired) electrons. The third-order valence-electron chi connectivity index (χ3n) is 3.38. The van der Waals surface area contributed by atoms with Gasteiger partial charge in [-0.3, -0.25) is 4.90 Å². The van der Waals surface area contributed by atoms with Crippen LogP contribution in [-0.4, -0.2) is 60.3 Å². The summed E-state index contributed by atoms with van der Waals surface area (Å²) in [6, 6.07) is 9.19. The van der Waals surface area contributed by atoms with Crippen molar-refractivity contribution in [2.24, 2.45) is 0 Å². The molecule has 106 valence electrons. The minimum absolute atomic E-state index is 0.0407. The first-order chi connectivity index (χ1) is 9.02. The summed E-state index contributed by atoms with van der Waals surface area (Å²) in [5.41, 5.74) is 1.03. The Morgan fingerprint density at radius 2 is 1.89 bits per heavy atom. The number of rotatable bonds is 5. The molecule has 5 nitrogen and oxygen atoms in total. The van der Waals surface area contributed by atoms with E-state index in [4.69, 9.17) is 5.11 Å². The number of sulfone groups is 1. The van der Waals surface area contributed by atoms with Crippen LogP contribution in [0.1, 0.15) is 5.56 Å². The molecule has 0 spiro atoms. The van der Waals surface area contributed by atoms with Crippen molar-refractivity contribution >= 4 is 9.84 Å². The number of aliphatic hydroxyl groups excluding tert-OH is 2. The topological polar surface area (TPSA) is 77.8 Å². The minimum Gasteiger partial charge on any atom is -0.395 e. The van der Waals surface area contributed by atoms with E-state index in [1.165, 1.54) is 0 Å². The van der Waals surface area contributed by atoms with E-state index in [-0.39, 0.29) is 18.1 Å². The van der Waals surface area contributed by atoms with Gasteiger partial charge in [-0.05, 0) is 5.56 Å². The van der Waals surface area contributed by atoms with Gasteiger partial charge in [0.2, 0.25) is 0 Å². The largest absolute Gasteiger partial charge is 0.395 e. The Kier molecular flexibility index (Phi) is 4.57. The van der Waals surface area contributed by atoms with Crippen LogP contribution in [0.3, 0.4) is 0 Å². The van der Waals surface area contributed by atoms with Crippen LogP contribution in [0, 0.1) is 0 Å². The SMILES string of the molecule is O=S1(=O)C[C@@H](O)[C@@H](N(CCO)Cc2ccccc2)C1. The van der Waals surface area contributed by atoms with Gasteiger partial charge in [-0.1, -0.05) is 30.3 Å². The molecule has 2 rings (SSSR count). The minimum atomic E-state index is -3.17. The van der Waals surface area contributed by atoms with Gasteiger partial charge in [-0.2, -0.15) is 0 Å². The van der Waals surface area contributed by atoms with Crippen molar-refractivity contribution in [2.45, 2.75) is 18.7 Å². The van der Waals surface area contributed by atoms with Crippen LogP contribution in [0.4, 0.5) is 0 Å². The standard InChI is InChI=1S/C13H19NO4S/c15-7-6-14(8-11-4-2-1-3-5-11)12-9-19(17,18)10-13(12)16/h1-5,12-13,15-16H,6-10H2/t12-,13+/m0/s1. The Balaban J connectivity index is 2.12. The van der Waals surface area contributed by atoms with E-state index >= 15 is 0 Å². The van der Waals surface area contributed by atoms with Gasteiger partial charge in [0.1, 0.15) is 0 Å². The molecule has 1 saturated heterocycles. The second kappa shape index (κ2) is 6.00. The zero-order chi connectivity index (χ0) is 13.9. The summed E-state index contributed by atoms with van der Waals surface area (Å²) < 4.78 is 23.1. The molecule has 2 atom stereocenters. The Morgan fingerprint density at radius 1 is 1.21 bits per heavy atom. The highest BCUT2D eigenvalue weighted by molar-refractivity contribution is 7.91.